The second-order valence-corrected chi connectivity index (χ2v) is 5.77. The third-order valence-corrected chi connectivity index (χ3v) is 3.75. The number of rotatable bonds is 6. The number of hydrogen-bond acceptors (Lipinski definition) is 6. The van der Waals surface area contributed by atoms with Gasteiger partial charge in [0.25, 0.3) is 5.89 Å². The van der Waals surface area contributed by atoms with Gasteiger partial charge in [0, 0.05) is 12.1 Å². The van der Waals surface area contributed by atoms with E-state index in [-0.39, 0.29) is 12.4 Å². The van der Waals surface area contributed by atoms with Gasteiger partial charge in [-0.2, -0.15) is 0 Å². The molecular weight excluding hydrogens is 348 g/mol. The molecule has 0 fully saturated rings. The smallest absolute Gasteiger partial charge is 0.338 e. The van der Waals surface area contributed by atoms with Crippen molar-refractivity contribution in [3.8, 4) is 11.5 Å². The molecule has 27 heavy (non-hydrogen) atoms. The highest BCUT2D eigenvalue weighted by Crippen LogP contribution is 2.23. The molecule has 3 rings (SSSR count). The minimum Gasteiger partial charge on any atom is -0.449 e. The fourth-order valence-corrected chi connectivity index (χ4v) is 2.32. The van der Waals surface area contributed by atoms with Gasteiger partial charge in [0.2, 0.25) is 5.89 Å². The van der Waals surface area contributed by atoms with Crippen LogP contribution in [0.15, 0.2) is 59.0 Å². The van der Waals surface area contributed by atoms with E-state index in [2.05, 4.69) is 15.5 Å². The van der Waals surface area contributed by atoms with Gasteiger partial charge in [0.15, 0.2) is 6.10 Å². The Morgan fingerprint density at radius 1 is 1.11 bits per heavy atom. The number of esters is 1. The van der Waals surface area contributed by atoms with Gasteiger partial charge >= 0.3 is 12.0 Å². The van der Waals surface area contributed by atoms with E-state index < -0.39 is 18.1 Å². The number of nitrogens with zero attached hydrogens (tertiary/aromatic N) is 2. The molecular formula is C19H18N4O4. The summed E-state index contributed by atoms with van der Waals surface area (Å²) in [6.45, 7) is 1.94. The summed E-state index contributed by atoms with van der Waals surface area (Å²) in [5.74, 6) is 0.0562. The van der Waals surface area contributed by atoms with E-state index in [0.29, 0.717) is 11.5 Å². The Balaban J connectivity index is 1.62. The number of amides is 2. The summed E-state index contributed by atoms with van der Waals surface area (Å²) in [6, 6.07) is 15.3. The van der Waals surface area contributed by atoms with Crippen molar-refractivity contribution in [3.63, 3.8) is 0 Å². The SMILES string of the molecule is C[C@H](OC(=O)c1ccc(CNC(N)=O)cc1)c1nnc(-c2ccccc2)o1. The number of urea groups is 1. The summed E-state index contributed by atoms with van der Waals surface area (Å²) in [5.41, 5.74) is 6.99. The van der Waals surface area contributed by atoms with Crippen LogP contribution in [0.2, 0.25) is 0 Å². The topological polar surface area (TPSA) is 120 Å². The number of primary amides is 1. The fourth-order valence-electron chi connectivity index (χ4n) is 2.32. The number of ether oxygens (including phenoxy) is 1. The molecule has 0 unspecified atom stereocenters. The number of benzene rings is 2. The van der Waals surface area contributed by atoms with Crippen LogP contribution in [0.3, 0.4) is 0 Å². The quantitative estimate of drug-likeness (QED) is 0.647. The van der Waals surface area contributed by atoms with E-state index in [0.717, 1.165) is 11.1 Å². The maximum Gasteiger partial charge on any atom is 0.338 e. The minimum atomic E-state index is -0.696. The average Bonchev–Trinajstić information content (AvgIpc) is 3.18. The van der Waals surface area contributed by atoms with Crippen LogP contribution in [0, 0.1) is 0 Å². The largest absolute Gasteiger partial charge is 0.449 e. The van der Waals surface area contributed by atoms with Crippen molar-refractivity contribution >= 4 is 12.0 Å². The van der Waals surface area contributed by atoms with E-state index >= 15 is 0 Å². The first kappa shape index (κ1) is 18.1. The summed E-state index contributed by atoms with van der Waals surface area (Å²) in [5, 5.41) is 10.4. The van der Waals surface area contributed by atoms with Crippen LogP contribution in [0.1, 0.15) is 34.8 Å². The highest BCUT2D eigenvalue weighted by atomic mass is 16.6. The molecule has 0 saturated carbocycles. The van der Waals surface area contributed by atoms with Gasteiger partial charge in [-0.05, 0) is 36.8 Å². The maximum atomic E-state index is 12.3. The minimum absolute atomic E-state index is 0.212. The third-order valence-electron chi connectivity index (χ3n) is 3.75. The molecule has 8 heteroatoms. The summed E-state index contributed by atoms with van der Waals surface area (Å²) >= 11 is 0. The molecule has 0 radical (unpaired) electrons. The molecule has 0 aliphatic heterocycles. The predicted octanol–water partition coefficient (Wildman–Crippen LogP) is 2.82. The van der Waals surface area contributed by atoms with Gasteiger partial charge < -0.3 is 20.2 Å². The van der Waals surface area contributed by atoms with Gasteiger partial charge in [-0.1, -0.05) is 30.3 Å². The zero-order valence-corrected chi connectivity index (χ0v) is 14.6. The number of aromatic nitrogens is 2. The van der Waals surface area contributed by atoms with Gasteiger partial charge in [-0.25, -0.2) is 9.59 Å². The van der Waals surface area contributed by atoms with Gasteiger partial charge in [-0.15, -0.1) is 10.2 Å². The summed E-state index contributed by atoms with van der Waals surface area (Å²) in [7, 11) is 0. The second-order valence-electron chi connectivity index (χ2n) is 5.77. The third kappa shape index (κ3) is 4.69. The lowest BCUT2D eigenvalue weighted by Crippen LogP contribution is -2.28. The predicted molar refractivity (Wildman–Crippen MR) is 96.4 cm³/mol. The van der Waals surface area contributed by atoms with Gasteiger partial charge in [0.1, 0.15) is 0 Å². The van der Waals surface area contributed by atoms with Crippen molar-refractivity contribution in [3.05, 3.63) is 71.6 Å². The van der Waals surface area contributed by atoms with Crippen LogP contribution in [-0.2, 0) is 11.3 Å². The molecule has 2 aromatic carbocycles. The number of nitrogens with one attached hydrogen (secondary N) is 1. The van der Waals surface area contributed by atoms with Gasteiger partial charge in [0.05, 0.1) is 5.56 Å². The average molecular weight is 366 g/mol. The number of carbonyl (C=O) groups is 2. The molecule has 0 spiro atoms. The molecule has 3 aromatic rings. The van der Waals surface area contributed by atoms with Crippen molar-refractivity contribution < 1.29 is 18.7 Å². The lowest BCUT2D eigenvalue weighted by atomic mass is 10.1. The second kappa shape index (κ2) is 8.13. The van der Waals surface area contributed by atoms with Crippen LogP contribution < -0.4 is 11.1 Å². The zero-order chi connectivity index (χ0) is 19.2. The lowest BCUT2D eigenvalue weighted by molar-refractivity contribution is 0.0280. The van der Waals surface area contributed by atoms with Gasteiger partial charge in [-0.3, -0.25) is 0 Å². The Morgan fingerprint density at radius 2 is 1.81 bits per heavy atom. The van der Waals surface area contributed by atoms with E-state index in [9.17, 15) is 9.59 Å². The van der Waals surface area contributed by atoms with Crippen molar-refractivity contribution in [1.29, 1.82) is 0 Å². The van der Waals surface area contributed by atoms with E-state index in [1.54, 1.807) is 31.2 Å². The molecule has 0 aliphatic carbocycles. The Morgan fingerprint density at radius 3 is 2.48 bits per heavy atom. The highest BCUT2D eigenvalue weighted by molar-refractivity contribution is 5.89. The van der Waals surface area contributed by atoms with Crippen molar-refractivity contribution in [1.82, 2.24) is 15.5 Å². The van der Waals surface area contributed by atoms with E-state index in [1.807, 2.05) is 30.3 Å². The van der Waals surface area contributed by atoms with Crippen molar-refractivity contribution in [2.45, 2.75) is 19.6 Å². The Hall–Kier alpha value is -3.68. The van der Waals surface area contributed by atoms with Crippen molar-refractivity contribution in [2.75, 3.05) is 0 Å². The van der Waals surface area contributed by atoms with Crippen LogP contribution in [0.25, 0.3) is 11.5 Å². The molecule has 3 N–H and O–H groups in total. The Labute approximate surface area is 155 Å². The molecule has 1 atom stereocenters. The number of hydrogen-bond donors (Lipinski definition) is 2. The summed E-state index contributed by atoms with van der Waals surface area (Å²) < 4.78 is 11.0. The van der Waals surface area contributed by atoms with Crippen LogP contribution in [0.4, 0.5) is 4.79 Å². The molecule has 1 heterocycles. The van der Waals surface area contributed by atoms with E-state index in [4.69, 9.17) is 14.9 Å². The molecule has 0 aliphatic rings. The normalized spacial score (nSPS) is 11.6. The van der Waals surface area contributed by atoms with Crippen LogP contribution in [0.5, 0.6) is 0 Å². The molecule has 2 amide bonds. The first-order chi connectivity index (χ1) is 13.0. The number of carbonyl (C=O) groups excluding carboxylic acids is 2. The first-order valence-electron chi connectivity index (χ1n) is 8.25. The Kier molecular flexibility index (Phi) is 5.46. The van der Waals surface area contributed by atoms with Crippen LogP contribution >= 0.6 is 0 Å². The monoisotopic (exact) mass is 366 g/mol. The first-order valence-corrected chi connectivity index (χ1v) is 8.25. The maximum absolute atomic E-state index is 12.3. The summed E-state index contributed by atoms with van der Waals surface area (Å²) in [6.07, 6.45) is -0.696. The van der Waals surface area contributed by atoms with Crippen molar-refractivity contribution in [2.24, 2.45) is 5.73 Å². The lowest BCUT2D eigenvalue weighted by Gasteiger charge is -2.10. The fraction of sp³-hybridized carbons (Fsp3) is 0.158. The molecule has 1 aromatic heterocycles. The van der Waals surface area contributed by atoms with E-state index in [1.165, 1.54) is 0 Å². The molecule has 0 bridgehead atoms. The van der Waals surface area contributed by atoms with Crippen LogP contribution in [-0.4, -0.2) is 22.2 Å². The molecule has 138 valence electrons. The number of nitrogens with two attached hydrogens (primary N) is 1. The Bertz CT molecular complexity index is 922. The molecule has 0 saturated heterocycles. The molecule has 8 nitrogen and oxygen atoms in total. The standard InChI is InChI=1S/C19H18N4O4/c1-12(16-22-23-17(27-16)14-5-3-2-4-6-14)26-18(24)15-9-7-13(8-10-15)11-21-19(20)25/h2-10,12H,11H2,1H3,(H3,20,21,25)/t12-/m0/s1. The summed E-state index contributed by atoms with van der Waals surface area (Å²) in [4.78, 5) is 23.0. The highest BCUT2D eigenvalue weighted by Gasteiger charge is 2.20. The zero-order valence-electron chi connectivity index (χ0n) is 14.6.